The van der Waals surface area contributed by atoms with Crippen LogP contribution in [0.15, 0.2) is 36.7 Å². The Balaban J connectivity index is 1.38. The minimum atomic E-state index is -0.867. The van der Waals surface area contributed by atoms with Crippen LogP contribution in [0.25, 0.3) is 16.8 Å². The van der Waals surface area contributed by atoms with Crippen LogP contribution in [-0.2, 0) is 4.79 Å². The van der Waals surface area contributed by atoms with Crippen LogP contribution < -0.4 is 15.0 Å². The molecule has 178 valence electrons. The van der Waals surface area contributed by atoms with Gasteiger partial charge in [-0.2, -0.15) is 5.10 Å². The number of nitrogens with one attached hydrogen (secondary N) is 1. The van der Waals surface area contributed by atoms with E-state index in [-0.39, 0.29) is 17.9 Å². The van der Waals surface area contributed by atoms with Crippen LogP contribution in [0.3, 0.4) is 0 Å². The van der Waals surface area contributed by atoms with Crippen LogP contribution in [-0.4, -0.2) is 75.4 Å². The topological polar surface area (TPSA) is 112 Å². The summed E-state index contributed by atoms with van der Waals surface area (Å²) >= 11 is 0. The molecule has 4 heterocycles. The third kappa shape index (κ3) is 4.23. The molecule has 10 heteroatoms. The standard InChI is InChI=1S/C24H28N6O4/c1-15-12-26-30-14-20(27-23(22(15)30)34-16(2)18-11-21(31)25-13-18)17-3-5-19(6-4-17)28-7-9-29(10-8-28)24(32)33/h3-6,12,14,16,18H,7-11,13H2,1-2H3,(H,25,31)(H,32,33)/t16?,18-/m1/s1. The van der Waals surface area contributed by atoms with E-state index in [0.717, 1.165) is 28.0 Å². The van der Waals surface area contributed by atoms with Crippen molar-refractivity contribution >= 4 is 23.2 Å². The van der Waals surface area contributed by atoms with Gasteiger partial charge in [-0.3, -0.25) is 4.79 Å². The fourth-order valence-corrected chi connectivity index (χ4v) is 4.57. The van der Waals surface area contributed by atoms with E-state index in [0.29, 0.717) is 45.0 Å². The number of nitrogens with zero attached hydrogens (tertiary/aromatic N) is 5. The maximum Gasteiger partial charge on any atom is 0.407 e. The highest BCUT2D eigenvalue weighted by Crippen LogP contribution is 2.30. The lowest BCUT2D eigenvalue weighted by molar-refractivity contribution is -0.119. The first kappa shape index (κ1) is 22.0. The lowest BCUT2D eigenvalue weighted by Crippen LogP contribution is -2.48. The molecule has 1 unspecified atom stereocenters. The van der Waals surface area contributed by atoms with Gasteiger partial charge in [-0.1, -0.05) is 12.1 Å². The molecule has 0 bridgehead atoms. The summed E-state index contributed by atoms with van der Waals surface area (Å²) in [5.41, 5.74) is 4.51. The van der Waals surface area contributed by atoms with Gasteiger partial charge in [0, 0.05) is 61.9 Å². The zero-order valence-electron chi connectivity index (χ0n) is 19.3. The molecule has 0 aliphatic carbocycles. The first-order chi connectivity index (χ1) is 16.4. The molecule has 2 N–H and O–H groups in total. The molecular formula is C24H28N6O4. The maximum absolute atomic E-state index is 11.6. The number of carbonyl (C=O) groups excluding carboxylic acids is 1. The number of benzene rings is 1. The Kier molecular flexibility index (Phi) is 5.72. The molecule has 2 amide bonds. The summed E-state index contributed by atoms with van der Waals surface area (Å²) in [6.07, 6.45) is 3.09. The summed E-state index contributed by atoms with van der Waals surface area (Å²) in [6.45, 7) is 6.87. The predicted octanol–water partition coefficient (Wildman–Crippen LogP) is 2.41. The van der Waals surface area contributed by atoms with Crippen molar-refractivity contribution in [3.8, 4) is 17.1 Å². The third-order valence-corrected chi connectivity index (χ3v) is 6.70. The summed E-state index contributed by atoms with van der Waals surface area (Å²) in [5, 5.41) is 16.5. The molecule has 2 atom stereocenters. The Morgan fingerprint density at radius 2 is 1.94 bits per heavy atom. The molecule has 2 aliphatic heterocycles. The molecule has 0 saturated carbocycles. The van der Waals surface area contributed by atoms with Gasteiger partial charge < -0.3 is 25.0 Å². The minimum Gasteiger partial charge on any atom is -0.473 e. The molecule has 2 aliphatic rings. The number of aryl methyl sites for hydroxylation is 1. The molecule has 1 aromatic carbocycles. The average Bonchev–Trinajstić information content (AvgIpc) is 3.45. The number of anilines is 1. The van der Waals surface area contributed by atoms with E-state index in [2.05, 4.69) is 15.3 Å². The van der Waals surface area contributed by atoms with Gasteiger partial charge in [0.2, 0.25) is 11.8 Å². The van der Waals surface area contributed by atoms with Gasteiger partial charge in [0.15, 0.2) is 0 Å². The lowest BCUT2D eigenvalue weighted by atomic mass is 10.0. The monoisotopic (exact) mass is 464 g/mol. The average molecular weight is 465 g/mol. The molecule has 0 radical (unpaired) electrons. The van der Waals surface area contributed by atoms with Crippen molar-refractivity contribution in [2.75, 3.05) is 37.6 Å². The number of rotatable bonds is 5. The molecule has 10 nitrogen and oxygen atoms in total. The second-order valence-electron chi connectivity index (χ2n) is 8.95. The highest BCUT2D eigenvalue weighted by molar-refractivity contribution is 5.78. The van der Waals surface area contributed by atoms with Gasteiger partial charge in [0.1, 0.15) is 11.6 Å². The SMILES string of the molecule is Cc1cnn2cc(-c3ccc(N4CCN(C(=O)O)CC4)cc3)nc(OC(C)[C@H]3CNC(=O)C3)c12. The van der Waals surface area contributed by atoms with Crippen molar-refractivity contribution in [3.63, 3.8) is 0 Å². The normalized spacial score (nSPS) is 19.4. The Morgan fingerprint density at radius 3 is 2.59 bits per heavy atom. The maximum atomic E-state index is 11.6. The molecule has 3 aromatic rings. The highest BCUT2D eigenvalue weighted by atomic mass is 16.5. The smallest absolute Gasteiger partial charge is 0.407 e. The largest absolute Gasteiger partial charge is 0.473 e. The van der Waals surface area contributed by atoms with E-state index in [9.17, 15) is 9.59 Å². The molecular weight excluding hydrogens is 436 g/mol. The van der Waals surface area contributed by atoms with E-state index in [1.165, 1.54) is 4.90 Å². The van der Waals surface area contributed by atoms with Crippen LogP contribution in [0.1, 0.15) is 18.9 Å². The van der Waals surface area contributed by atoms with Crippen LogP contribution >= 0.6 is 0 Å². The second-order valence-corrected chi connectivity index (χ2v) is 8.95. The van der Waals surface area contributed by atoms with Crippen LogP contribution in [0.5, 0.6) is 5.88 Å². The van der Waals surface area contributed by atoms with Gasteiger partial charge in [-0.25, -0.2) is 14.3 Å². The third-order valence-electron chi connectivity index (χ3n) is 6.70. The minimum absolute atomic E-state index is 0.0531. The van der Waals surface area contributed by atoms with Crippen molar-refractivity contribution in [1.82, 2.24) is 24.8 Å². The number of piperazine rings is 1. The van der Waals surface area contributed by atoms with Crippen LogP contribution in [0, 0.1) is 12.8 Å². The zero-order valence-corrected chi connectivity index (χ0v) is 19.3. The van der Waals surface area contributed by atoms with Gasteiger partial charge in [-0.15, -0.1) is 0 Å². The summed E-state index contributed by atoms with van der Waals surface area (Å²) in [4.78, 5) is 31.2. The fraction of sp³-hybridized carbons (Fsp3) is 0.417. The van der Waals surface area contributed by atoms with E-state index in [1.54, 1.807) is 10.7 Å². The van der Waals surface area contributed by atoms with E-state index in [1.807, 2.05) is 44.3 Å². The van der Waals surface area contributed by atoms with Crippen LogP contribution in [0.4, 0.5) is 10.5 Å². The second kappa shape index (κ2) is 8.85. The number of carboxylic acid groups (broad SMARTS) is 1. The highest BCUT2D eigenvalue weighted by Gasteiger charge is 2.29. The van der Waals surface area contributed by atoms with E-state index in [4.69, 9.17) is 14.8 Å². The Hall–Kier alpha value is -3.82. The zero-order chi connectivity index (χ0) is 23.8. The number of hydrogen-bond donors (Lipinski definition) is 2. The number of hydrogen-bond acceptors (Lipinski definition) is 6. The van der Waals surface area contributed by atoms with E-state index >= 15 is 0 Å². The number of aromatic nitrogens is 3. The fourth-order valence-electron chi connectivity index (χ4n) is 4.57. The van der Waals surface area contributed by atoms with Crippen LogP contribution in [0.2, 0.25) is 0 Å². The van der Waals surface area contributed by atoms with Crippen molar-refractivity contribution in [3.05, 3.63) is 42.2 Å². The molecule has 0 spiro atoms. The van der Waals surface area contributed by atoms with Crippen molar-refractivity contribution < 1.29 is 19.4 Å². The quantitative estimate of drug-likeness (QED) is 0.596. The van der Waals surface area contributed by atoms with Gasteiger partial charge in [-0.05, 0) is 26.0 Å². The summed E-state index contributed by atoms with van der Waals surface area (Å²) < 4.78 is 8.07. The van der Waals surface area contributed by atoms with Gasteiger partial charge >= 0.3 is 6.09 Å². The predicted molar refractivity (Wildman–Crippen MR) is 126 cm³/mol. The van der Waals surface area contributed by atoms with E-state index < -0.39 is 6.09 Å². The number of amides is 2. The molecule has 2 aromatic heterocycles. The van der Waals surface area contributed by atoms with Gasteiger partial charge in [0.05, 0.1) is 18.1 Å². The van der Waals surface area contributed by atoms with Crippen molar-refractivity contribution in [1.29, 1.82) is 0 Å². The Morgan fingerprint density at radius 1 is 1.21 bits per heavy atom. The lowest BCUT2D eigenvalue weighted by Gasteiger charge is -2.34. The molecule has 5 rings (SSSR count). The Labute approximate surface area is 197 Å². The summed E-state index contributed by atoms with van der Waals surface area (Å²) in [7, 11) is 0. The molecule has 34 heavy (non-hydrogen) atoms. The Bertz CT molecular complexity index is 1220. The summed E-state index contributed by atoms with van der Waals surface area (Å²) in [6, 6.07) is 8.09. The number of fused-ring (bicyclic) bond motifs is 1. The molecule has 2 saturated heterocycles. The van der Waals surface area contributed by atoms with Gasteiger partial charge in [0.25, 0.3) is 0 Å². The summed E-state index contributed by atoms with van der Waals surface area (Å²) in [5.74, 6) is 0.660. The first-order valence-electron chi connectivity index (χ1n) is 11.5. The van der Waals surface area contributed by atoms with Crippen molar-refractivity contribution in [2.45, 2.75) is 26.4 Å². The van der Waals surface area contributed by atoms with Crippen molar-refractivity contribution in [2.24, 2.45) is 5.92 Å². The molecule has 2 fully saturated rings. The first-order valence-corrected chi connectivity index (χ1v) is 11.5. The number of ether oxygens (including phenoxy) is 1. The number of carbonyl (C=O) groups is 2.